The van der Waals surface area contributed by atoms with Crippen LogP contribution in [0, 0.1) is 5.82 Å². The molecular weight excluding hydrogens is 606 g/mol. The first-order valence-electron chi connectivity index (χ1n) is 15.6. The molecular formula is C34H32F2N8O3. The number of nitrogens with zero attached hydrogens (tertiary/aromatic N) is 7. The number of alkyl halides is 1. The van der Waals surface area contributed by atoms with Crippen LogP contribution in [0.4, 0.5) is 14.5 Å². The van der Waals surface area contributed by atoms with Gasteiger partial charge in [-0.3, -0.25) is 14.4 Å². The molecule has 47 heavy (non-hydrogen) atoms. The number of likely N-dealkylation sites (tertiary alicyclic amines) is 1. The third kappa shape index (κ3) is 5.88. The SMILES string of the molecule is CC(=O)c1cn(CC(=O)N2C[C@H](F)C[C@H]2C(=O)Nc2ccc(F)c(-c3nnc4n3CCCCC4)c2)c2ccc(-c3ccnnc3)cc12. The number of hydrogen-bond acceptors (Lipinski definition) is 7. The van der Waals surface area contributed by atoms with Crippen molar-refractivity contribution in [2.45, 2.75) is 64.3 Å². The Hall–Kier alpha value is -5.33. The number of carbonyl (C=O) groups is 3. The molecule has 2 aliphatic heterocycles. The zero-order valence-electron chi connectivity index (χ0n) is 25.7. The van der Waals surface area contributed by atoms with E-state index in [4.69, 9.17) is 0 Å². The van der Waals surface area contributed by atoms with E-state index < -0.39 is 29.8 Å². The van der Waals surface area contributed by atoms with Crippen molar-refractivity contribution >= 4 is 34.2 Å². The largest absolute Gasteiger partial charge is 0.337 e. The number of amides is 2. The zero-order chi connectivity index (χ0) is 32.7. The number of aromatic nitrogens is 6. The summed E-state index contributed by atoms with van der Waals surface area (Å²) in [5.41, 5.74) is 3.25. The van der Waals surface area contributed by atoms with Crippen molar-refractivity contribution in [3.05, 3.63) is 78.3 Å². The fourth-order valence-corrected chi connectivity index (χ4v) is 6.58. The van der Waals surface area contributed by atoms with E-state index in [2.05, 4.69) is 25.7 Å². The molecule has 0 unspecified atom stereocenters. The average molecular weight is 639 g/mol. The summed E-state index contributed by atoms with van der Waals surface area (Å²) >= 11 is 0. The zero-order valence-corrected chi connectivity index (χ0v) is 25.7. The summed E-state index contributed by atoms with van der Waals surface area (Å²) in [6.45, 7) is 1.69. The summed E-state index contributed by atoms with van der Waals surface area (Å²) in [4.78, 5) is 41.0. The maximum atomic E-state index is 15.0. The summed E-state index contributed by atoms with van der Waals surface area (Å²) in [6.07, 6.45) is 7.00. The highest BCUT2D eigenvalue weighted by molar-refractivity contribution is 6.08. The molecule has 1 fully saturated rings. The van der Waals surface area contributed by atoms with Gasteiger partial charge in [0.05, 0.1) is 24.5 Å². The smallest absolute Gasteiger partial charge is 0.247 e. The molecule has 13 heteroatoms. The van der Waals surface area contributed by atoms with Crippen molar-refractivity contribution in [3.63, 3.8) is 0 Å². The Balaban J connectivity index is 1.11. The summed E-state index contributed by atoms with van der Waals surface area (Å²) in [5, 5.41) is 19.6. The summed E-state index contributed by atoms with van der Waals surface area (Å²) in [6, 6.07) is 10.4. The first-order valence-corrected chi connectivity index (χ1v) is 15.6. The quantitative estimate of drug-likeness (QED) is 0.249. The van der Waals surface area contributed by atoms with E-state index in [9.17, 15) is 18.8 Å². The molecule has 0 saturated carbocycles. The van der Waals surface area contributed by atoms with E-state index in [0.29, 0.717) is 34.5 Å². The van der Waals surface area contributed by atoms with E-state index in [-0.39, 0.29) is 30.9 Å². The number of halogens is 2. The Labute approximate surface area is 268 Å². The van der Waals surface area contributed by atoms with Crippen LogP contribution in [0.25, 0.3) is 33.4 Å². The molecule has 11 nitrogen and oxygen atoms in total. The molecule has 1 N–H and O–H groups in total. The lowest BCUT2D eigenvalue weighted by Crippen LogP contribution is -2.44. The van der Waals surface area contributed by atoms with Crippen molar-refractivity contribution in [1.82, 2.24) is 34.4 Å². The van der Waals surface area contributed by atoms with Crippen LogP contribution in [-0.4, -0.2) is 70.8 Å². The fourth-order valence-electron chi connectivity index (χ4n) is 6.58. The van der Waals surface area contributed by atoms with E-state index >= 15 is 4.39 Å². The molecule has 2 atom stereocenters. The van der Waals surface area contributed by atoms with Crippen LogP contribution in [0.1, 0.15) is 48.8 Å². The topological polar surface area (TPSA) is 128 Å². The highest BCUT2D eigenvalue weighted by Crippen LogP contribution is 2.31. The van der Waals surface area contributed by atoms with Gasteiger partial charge in [-0.25, -0.2) is 8.78 Å². The van der Waals surface area contributed by atoms with Gasteiger partial charge in [0.25, 0.3) is 0 Å². The Morgan fingerprint density at radius 2 is 1.87 bits per heavy atom. The minimum atomic E-state index is -1.39. The number of hydrogen-bond donors (Lipinski definition) is 1. The van der Waals surface area contributed by atoms with Crippen LogP contribution in [0.3, 0.4) is 0 Å². The molecule has 0 spiro atoms. The second kappa shape index (κ2) is 12.5. The van der Waals surface area contributed by atoms with E-state index in [1.54, 1.807) is 23.2 Å². The first-order chi connectivity index (χ1) is 22.8. The number of rotatable bonds is 7. The van der Waals surface area contributed by atoms with Gasteiger partial charge in [0.15, 0.2) is 11.6 Å². The number of fused-ring (bicyclic) bond motifs is 2. The number of aryl methyl sites for hydroxylation is 1. The predicted octanol–water partition coefficient (Wildman–Crippen LogP) is 5.00. The lowest BCUT2D eigenvalue weighted by atomic mass is 10.0. The number of Topliss-reactive ketones (excluding diaryl/α,β-unsaturated/α-hetero) is 1. The van der Waals surface area contributed by atoms with Gasteiger partial charge in [-0.15, -0.1) is 10.2 Å². The average Bonchev–Trinajstić information content (AvgIpc) is 3.72. The van der Waals surface area contributed by atoms with Gasteiger partial charge in [-0.2, -0.15) is 10.2 Å². The molecule has 3 aromatic heterocycles. The van der Waals surface area contributed by atoms with Crippen LogP contribution >= 0.6 is 0 Å². The van der Waals surface area contributed by atoms with Gasteiger partial charge in [0, 0.05) is 53.3 Å². The number of anilines is 1. The van der Waals surface area contributed by atoms with E-state index in [1.807, 2.05) is 28.8 Å². The molecule has 240 valence electrons. The fraction of sp³-hybridized carbons (Fsp3) is 0.324. The minimum absolute atomic E-state index is 0.169. The normalized spacial score (nSPS) is 17.8. The summed E-state index contributed by atoms with van der Waals surface area (Å²) < 4.78 is 33.4. The van der Waals surface area contributed by atoms with Crippen LogP contribution in [0.2, 0.25) is 0 Å². The Morgan fingerprint density at radius 3 is 2.68 bits per heavy atom. The number of benzene rings is 2. The van der Waals surface area contributed by atoms with Crippen molar-refractivity contribution < 1.29 is 23.2 Å². The maximum Gasteiger partial charge on any atom is 0.247 e. The molecule has 2 amide bonds. The molecule has 1 saturated heterocycles. The third-order valence-corrected chi connectivity index (χ3v) is 8.94. The van der Waals surface area contributed by atoms with Gasteiger partial charge in [0.1, 0.15) is 30.4 Å². The van der Waals surface area contributed by atoms with E-state index in [0.717, 1.165) is 42.6 Å². The van der Waals surface area contributed by atoms with Gasteiger partial charge in [-0.1, -0.05) is 12.5 Å². The highest BCUT2D eigenvalue weighted by Gasteiger charge is 2.40. The molecule has 2 aromatic carbocycles. The Kier molecular flexibility index (Phi) is 8.04. The standard InChI is InChI=1S/C34H32F2N8O3/c1-20(45)27-18-42(29-9-6-21(13-25(27)29)22-10-11-37-38-16-22)19-32(46)44-17-23(35)14-30(44)34(47)39-24-7-8-28(36)26(15-24)33-41-40-31-5-3-2-4-12-43(31)33/h6-11,13,15-16,18,23,30H,2-5,12,14,17,19H2,1H3,(H,39,47)/t23-,30+/m1/s1. The summed E-state index contributed by atoms with van der Waals surface area (Å²) in [7, 11) is 0. The third-order valence-electron chi connectivity index (χ3n) is 8.94. The molecule has 0 radical (unpaired) electrons. The maximum absolute atomic E-state index is 15.0. The van der Waals surface area contributed by atoms with Crippen molar-refractivity contribution in [3.8, 4) is 22.5 Å². The van der Waals surface area contributed by atoms with Crippen LogP contribution < -0.4 is 5.32 Å². The molecule has 5 aromatic rings. The number of ketones is 1. The van der Waals surface area contributed by atoms with Crippen molar-refractivity contribution in [2.75, 3.05) is 11.9 Å². The van der Waals surface area contributed by atoms with E-state index in [1.165, 1.54) is 30.0 Å². The van der Waals surface area contributed by atoms with Crippen molar-refractivity contribution in [2.24, 2.45) is 0 Å². The minimum Gasteiger partial charge on any atom is -0.337 e. The summed E-state index contributed by atoms with van der Waals surface area (Å²) in [5.74, 6) is -0.519. The second-order valence-corrected chi connectivity index (χ2v) is 12.1. The monoisotopic (exact) mass is 638 g/mol. The Bertz CT molecular complexity index is 2010. The predicted molar refractivity (Wildman–Crippen MR) is 170 cm³/mol. The molecule has 7 rings (SSSR count). The highest BCUT2D eigenvalue weighted by atomic mass is 19.1. The Morgan fingerprint density at radius 1 is 1.00 bits per heavy atom. The van der Waals surface area contributed by atoms with Gasteiger partial charge >= 0.3 is 0 Å². The van der Waals surface area contributed by atoms with Crippen molar-refractivity contribution in [1.29, 1.82) is 0 Å². The lowest BCUT2D eigenvalue weighted by Gasteiger charge is -2.24. The molecule has 0 aliphatic carbocycles. The molecule has 5 heterocycles. The van der Waals surface area contributed by atoms with Gasteiger partial charge in [0.2, 0.25) is 11.8 Å². The first kappa shape index (κ1) is 30.3. The van der Waals surface area contributed by atoms with Crippen LogP contribution in [0.5, 0.6) is 0 Å². The molecule has 0 bridgehead atoms. The molecule has 2 aliphatic rings. The van der Waals surface area contributed by atoms with Crippen LogP contribution in [0.15, 0.2) is 61.1 Å². The van der Waals surface area contributed by atoms with Gasteiger partial charge in [-0.05, 0) is 61.7 Å². The van der Waals surface area contributed by atoms with Gasteiger partial charge < -0.3 is 19.4 Å². The second-order valence-electron chi connectivity index (χ2n) is 12.1. The number of nitrogens with one attached hydrogen (secondary N) is 1. The lowest BCUT2D eigenvalue weighted by molar-refractivity contribution is -0.137. The number of carbonyl (C=O) groups excluding carboxylic acids is 3. The van der Waals surface area contributed by atoms with Crippen LogP contribution in [-0.2, 0) is 29.1 Å².